The minimum Gasteiger partial charge on any atom is -0.482 e. The molecule has 0 aromatic carbocycles. The Balaban J connectivity index is 1.70. The van der Waals surface area contributed by atoms with E-state index in [1.807, 2.05) is 0 Å². The first-order chi connectivity index (χ1) is 8.34. The Kier molecular flexibility index (Phi) is 4.32. The number of pyridine rings is 1. The number of aromatic nitrogens is 1. The average Bonchev–Trinajstić information content (AvgIpc) is 2.39. The molecule has 17 heavy (non-hydrogen) atoms. The predicted octanol–water partition coefficient (Wildman–Crippen LogP) is 0.756. The number of carbonyl (C=O) groups is 1. The summed E-state index contributed by atoms with van der Waals surface area (Å²) in [7, 11) is 0. The van der Waals surface area contributed by atoms with Gasteiger partial charge in [-0.3, -0.25) is 9.78 Å². The van der Waals surface area contributed by atoms with Crippen LogP contribution in [0.2, 0.25) is 0 Å². The van der Waals surface area contributed by atoms with Crippen LogP contribution >= 0.6 is 0 Å². The van der Waals surface area contributed by atoms with Gasteiger partial charge >= 0.3 is 0 Å². The predicted molar refractivity (Wildman–Crippen MR) is 61.7 cm³/mol. The second-order valence-electron chi connectivity index (χ2n) is 3.93. The van der Waals surface area contributed by atoms with E-state index in [9.17, 15) is 4.79 Å². The minimum atomic E-state index is -0.0965. The lowest BCUT2D eigenvalue weighted by molar-refractivity contribution is -0.124. The van der Waals surface area contributed by atoms with Gasteiger partial charge in [-0.05, 0) is 25.0 Å². The van der Waals surface area contributed by atoms with Crippen LogP contribution in [-0.2, 0) is 9.53 Å². The first kappa shape index (κ1) is 11.9. The van der Waals surface area contributed by atoms with Gasteiger partial charge in [0.25, 0.3) is 5.91 Å². The second-order valence-corrected chi connectivity index (χ2v) is 3.93. The third-order valence-electron chi connectivity index (χ3n) is 2.59. The van der Waals surface area contributed by atoms with Gasteiger partial charge in [0.15, 0.2) is 6.61 Å². The van der Waals surface area contributed by atoms with E-state index in [-0.39, 0.29) is 18.6 Å². The maximum atomic E-state index is 11.6. The van der Waals surface area contributed by atoms with Crippen molar-refractivity contribution in [1.82, 2.24) is 10.3 Å². The molecule has 2 rings (SSSR count). The molecular formula is C12H16N2O3. The summed E-state index contributed by atoms with van der Waals surface area (Å²) in [5.41, 5.74) is 0. The van der Waals surface area contributed by atoms with Gasteiger partial charge in [0.05, 0.1) is 6.20 Å². The first-order valence-corrected chi connectivity index (χ1v) is 5.74. The van der Waals surface area contributed by atoms with E-state index >= 15 is 0 Å². The molecule has 0 bridgehead atoms. The van der Waals surface area contributed by atoms with Crippen molar-refractivity contribution in [2.24, 2.45) is 0 Å². The van der Waals surface area contributed by atoms with E-state index in [0.29, 0.717) is 19.0 Å². The Morgan fingerprint density at radius 2 is 2.35 bits per heavy atom. The lowest BCUT2D eigenvalue weighted by Crippen LogP contribution is -2.41. The lowest BCUT2D eigenvalue weighted by Gasteiger charge is -2.23. The quantitative estimate of drug-likeness (QED) is 0.838. The highest BCUT2D eigenvalue weighted by Gasteiger charge is 2.16. The van der Waals surface area contributed by atoms with E-state index in [1.165, 1.54) is 0 Å². The van der Waals surface area contributed by atoms with Gasteiger partial charge in [-0.25, -0.2) is 0 Å². The molecule has 2 heterocycles. The molecule has 0 spiro atoms. The zero-order valence-corrected chi connectivity index (χ0v) is 9.59. The summed E-state index contributed by atoms with van der Waals surface area (Å²) in [5, 5.41) is 2.92. The van der Waals surface area contributed by atoms with Crippen LogP contribution < -0.4 is 10.1 Å². The highest BCUT2D eigenvalue weighted by Crippen LogP contribution is 2.07. The molecule has 0 radical (unpaired) electrons. The molecule has 1 saturated heterocycles. The van der Waals surface area contributed by atoms with Crippen LogP contribution in [0.4, 0.5) is 0 Å². The fourth-order valence-electron chi connectivity index (χ4n) is 1.69. The summed E-state index contributed by atoms with van der Waals surface area (Å²) in [6, 6.07) is 3.76. The molecule has 0 unspecified atom stereocenters. The van der Waals surface area contributed by atoms with Gasteiger partial charge in [-0.15, -0.1) is 0 Å². The van der Waals surface area contributed by atoms with Gasteiger partial charge in [0.1, 0.15) is 5.75 Å². The molecule has 0 atom stereocenters. The maximum Gasteiger partial charge on any atom is 0.258 e. The zero-order chi connectivity index (χ0) is 11.9. The van der Waals surface area contributed by atoms with Crippen LogP contribution in [0.1, 0.15) is 12.8 Å². The van der Waals surface area contributed by atoms with Gasteiger partial charge in [0, 0.05) is 25.5 Å². The summed E-state index contributed by atoms with van der Waals surface area (Å²) in [5.74, 6) is 0.510. The highest BCUT2D eigenvalue weighted by molar-refractivity contribution is 5.77. The average molecular weight is 236 g/mol. The number of nitrogens with one attached hydrogen (secondary N) is 1. The van der Waals surface area contributed by atoms with Crippen molar-refractivity contribution in [2.45, 2.75) is 18.9 Å². The van der Waals surface area contributed by atoms with Crippen LogP contribution in [0.15, 0.2) is 24.5 Å². The molecule has 1 amide bonds. The molecular weight excluding hydrogens is 220 g/mol. The number of amides is 1. The Morgan fingerprint density at radius 3 is 3.06 bits per heavy atom. The highest BCUT2D eigenvalue weighted by atomic mass is 16.5. The van der Waals surface area contributed by atoms with Crippen LogP contribution in [0, 0.1) is 0 Å². The fraction of sp³-hybridized carbons (Fsp3) is 0.500. The molecule has 1 fully saturated rings. The topological polar surface area (TPSA) is 60.5 Å². The van der Waals surface area contributed by atoms with Crippen LogP contribution in [0.3, 0.4) is 0 Å². The number of nitrogens with zero attached hydrogens (tertiary/aromatic N) is 1. The first-order valence-electron chi connectivity index (χ1n) is 5.74. The molecule has 5 nitrogen and oxygen atoms in total. The van der Waals surface area contributed by atoms with Gasteiger partial charge < -0.3 is 14.8 Å². The SMILES string of the molecule is O=C(COc1cccnc1)NC1CCOCC1. The van der Waals surface area contributed by atoms with Crippen molar-refractivity contribution in [3.63, 3.8) is 0 Å². The standard InChI is InChI=1S/C12H16N2O3/c15-12(14-10-3-6-16-7-4-10)9-17-11-2-1-5-13-8-11/h1-2,5,8,10H,3-4,6-7,9H2,(H,14,15). The molecule has 92 valence electrons. The number of carbonyl (C=O) groups excluding carboxylic acids is 1. The smallest absolute Gasteiger partial charge is 0.258 e. The minimum absolute atomic E-state index is 0.0308. The van der Waals surface area contributed by atoms with Crippen LogP contribution in [-0.4, -0.2) is 36.8 Å². The summed E-state index contributed by atoms with van der Waals surface area (Å²) in [6.07, 6.45) is 4.99. The van der Waals surface area contributed by atoms with Crippen molar-refractivity contribution in [3.8, 4) is 5.75 Å². The van der Waals surface area contributed by atoms with Crippen molar-refractivity contribution >= 4 is 5.91 Å². The third kappa shape index (κ3) is 4.03. The van der Waals surface area contributed by atoms with Gasteiger partial charge in [0.2, 0.25) is 0 Å². The Bertz CT molecular complexity index is 350. The van der Waals surface area contributed by atoms with Crippen molar-refractivity contribution < 1.29 is 14.3 Å². The van der Waals surface area contributed by atoms with E-state index < -0.39 is 0 Å². The molecule has 1 aromatic heterocycles. The zero-order valence-electron chi connectivity index (χ0n) is 9.59. The van der Waals surface area contributed by atoms with Crippen molar-refractivity contribution in [3.05, 3.63) is 24.5 Å². The second kappa shape index (κ2) is 6.20. The molecule has 1 aromatic rings. The lowest BCUT2D eigenvalue weighted by atomic mass is 10.1. The molecule has 0 saturated carbocycles. The number of hydrogen-bond donors (Lipinski definition) is 1. The Labute approximate surface area is 100 Å². The number of rotatable bonds is 4. The maximum absolute atomic E-state index is 11.6. The van der Waals surface area contributed by atoms with E-state index in [1.54, 1.807) is 24.5 Å². The number of hydrogen-bond acceptors (Lipinski definition) is 4. The van der Waals surface area contributed by atoms with Crippen LogP contribution in [0.5, 0.6) is 5.75 Å². The molecule has 5 heteroatoms. The van der Waals surface area contributed by atoms with Gasteiger partial charge in [-0.2, -0.15) is 0 Å². The Hall–Kier alpha value is -1.62. The van der Waals surface area contributed by atoms with Crippen molar-refractivity contribution in [1.29, 1.82) is 0 Å². The van der Waals surface area contributed by atoms with Crippen molar-refractivity contribution in [2.75, 3.05) is 19.8 Å². The van der Waals surface area contributed by atoms with E-state index in [0.717, 1.165) is 12.8 Å². The summed E-state index contributed by atoms with van der Waals surface area (Å²) >= 11 is 0. The largest absolute Gasteiger partial charge is 0.482 e. The Morgan fingerprint density at radius 1 is 1.53 bits per heavy atom. The van der Waals surface area contributed by atoms with Crippen LogP contribution in [0.25, 0.3) is 0 Å². The molecule has 1 N–H and O–H groups in total. The van der Waals surface area contributed by atoms with E-state index in [2.05, 4.69) is 10.3 Å². The summed E-state index contributed by atoms with van der Waals surface area (Å²) in [4.78, 5) is 15.5. The normalized spacial score (nSPS) is 16.5. The fourth-order valence-corrected chi connectivity index (χ4v) is 1.69. The number of ether oxygens (including phenoxy) is 2. The van der Waals surface area contributed by atoms with Gasteiger partial charge in [-0.1, -0.05) is 0 Å². The third-order valence-corrected chi connectivity index (χ3v) is 2.59. The van der Waals surface area contributed by atoms with E-state index in [4.69, 9.17) is 9.47 Å². The molecule has 0 aliphatic carbocycles. The summed E-state index contributed by atoms with van der Waals surface area (Å²) in [6.45, 7) is 1.46. The summed E-state index contributed by atoms with van der Waals surface area (Å²) < 4.78 is 10.5. The molecule has 1 aliphatic rings. The molecule has 1 aliphatic heterocycles. The monoisotopic (exact) mass is 236 g/mol.